The summed E-state index contributed by atoms with van der Waals surface area (Å²) in [6.45, 7) is 3.68. The van der Waals surface area contributed by atoms with E-state index in [0.29, 0.717) is 0 Å². The second kappa shape index (κ2) is 4.28. The van der Waals surface area contributed by atoms with Gasteiger partial charge in [-0.2, -0.15) is 0 Å². The minimum Gasteiger partial charge on any atom is -0.438 e. The lowest BCUT2D eigenvalue weighted by Crippen LogP contribution is -2.22. The van der Waals surface area contributed by atoms with Crippen LogP contribution in [0.1, 0.15) is 10.6 Å². The van der Waals surface area contributed by atoms with Gasteiger partial charge in [-0.1, -0.05) is 6.08 Å². The van der Waals surface area contributed by atoms with E-state index in [1.54, 1.807) is 0 Å². The summed E-state index contributed by atoms with van der Waals surface area (Å²) in [6.07, 6.45) is 1.49. The molecule has 0 atom stereocenters. The number of carbonyl (C=O) groups is 1. The highest BCUT2D eigenvalue weighted by Gasteiger charge is 2.16. The Labute approximate surface area is 86.8 Å². The van der Waals surface area contributed by atoms with Crippen molar-refractivity contribution in [2.75, 3.05) is 6.54 Å². The van der Waals surface area contributed by atoms with E-state index in [4.69, 9.17) is 9.56 Å². The molecule has 0 unspecified atom stereocenters. The van der Waals surface area contributed by atoms with Gasteiger partial charge in [0.25, 0.3) is 15.9 Å². The fourth-order valence-electron chi connectivity index (χ4n) is 0.847. The first-order valence-corrected chi connectivity index (χ1v) is 5.51. The Kier molecular flexibility index (Phi) is 3.28. The first kappa shape index (κ1) is 11.5. The largest absolute Gasteiger partial charge is 0.438 e. The Hall–Kier alpha value is -1.60. The highest BCUT2D eigenvalue weighted by atomic mass is 32.2. The highest BCUT2D eigenvalue weighted by molar-refractivity contribution is 7.89. The van der Waals surface area contributed by atoms with Gasteiger partial charge in [0.2, 0.25) is 5.09 Å². The van der Waals surface area contributed by atoms with Crippen molar-refractivity contribution in [2.24, 2.45) is 5.14 Å². The number of nitrogens with two attached hydrogens (primary N) is 1. The molecule has 3 N–H and O–H groups in total. The number of furan rings is 1. The average molecular weight is 230 g/mol. The van der Waals surface area contributed by atoms with Gasteiger partial charge >= 0.3 is 0 Å². The fraction of sp³-hybridized carbons (Fsp3) is 0.125. The zero-order chi connectivity index (χ0) is 11.5. The van der Waals surface area contributed by atoms with Crippen molar-refractivity contribution in [3.8, 4) is 0 Å². The van der Waals surface area contributed by atoms with Crippen LogP contribution in [0.5, 0.6) is 0 Å². The van der Waals surface area contributed by atoms with E-state index in [0.717, 1.165) is 6.07 Å². The summed E-state index contributed by atoms with van der Waals surface area (Å²) < 4.78 is 26.4. The maximum absolute atomic E-state index is 11.3. The van der Waals surface area contributed by atoms with Gasteiger partial charge in [-0.15, -0.1) is 6.58 Å². The molecule has 0 aliphatic rings. The molecule has 6 nitrogen and oxygen atoms in total. The van der Waals surface area contributed by atoms with Crippen LogP contribution >= 0.6 is 0 Å². The molecule has 1 amide bonds. The van der Waals surface area contributed by atoms with E-state index < -0.39 is 21.0 Å². The number of rotatable bonds is 4. The van der Waals surface area contributed by atoms with Crippen molar-refractivity contribution in [1.29, 1.82) is 0 Å². The first-order valence-electron chi connectivity index (χ1n) is 3.97. The van der Waals surface area contributed by atoms with Crippen molar-refractivity contribution in [3.63, 3.8) is 0 Å². The van der Waals surface area contributed by atoms with Gasteiger partial charge in [0.1, 0.15) is 0 Å². The Morgan fingerprint density at radius 3 is 2.73 bits per heavy atom. The lowest BCUT2D eigenvalue weighted by atomic mass is 10.4. The minimum absolute atomic E-state index is 0.110. The Morgan fingerprint density at radius 1 is 1.60 bits per heavy atom. The summed E-state index contributed by atoms with van der Waals surface area (Å²) in [5.74, 6) is -0.634. The quantitative estimate of drug-likeness (QED) is 0.701. The van der Waals surface area contributed by atoms with E-state index in [-0.39, 0.29) is 12.3 Å². The first-order chi connectivity index (χ1) is 6.95. The zero-order valence-corrected chi connectivity index (χ0v) is 8.58. The number of amides is 1. The van der Waals surface area contributed by atoms with Crippen molar-refractivity contribution in [2.45, 2.75) is 5.09 Å². The van der Waals surface area contributed by atoms with Crippen LogP contribution in [0.2, 0.25) is 0 Å². The molecule has 0 saturated heterocycles. The molecule has 15 heavy (non-hydrogen) atoms. The van der Waals surface area contributed by atoms with E-state index in [2.05, 4.69) is 11.9 Å². The summed E-state index contributed by atoms with van der Waals surface area (Å²) in [4.78, 5) is 11.3. The van der Waals surface area contributed by atoms with E-state index in [1.807, 2.05) is 0 Å². The molecule has 0 fully saturated rings. The summed E-state index contributed by atoms with van der Waals surface area (Å²) in [7, 11) is -3.90. The Morgan fingerprint density at radius 2 is 2.27 bits per heavy atom. The molecule has 82 valence electrons. The summed E-state index contributed by atoms with van der Waals surface area (Å²) >= 11 is 0. The second-order valence-electron chi connectivity index (χ2n) is 2.66. The number of carbonyl (C=O) groups excluding carboxylic acids is 1. The zero-order valence-electron chi connectivity index (χ0n) is 7.76. The van der Waals surface area contributed by atoms with Crippen LogP contribution < -0.4 is 10.5 Å². The van der Waals surface area contributed by atoms with Gasteiger partial charge < -0.3 is 9.73 Å². The van der Waals surface area contributed by atoms with Crippen LogP contribution in [0.25, 0.3) is 0 Å². The molecule has 0 saturated carbocycles. The van der Waals surface area contributed by atoms with Gasteiger partial charge in [0, 0.05) is 6.54 Å². The monoisotopic (exact) mass is 230 g/mol. The molecule has 0 radical (unpaired) electrons. The molecular weight excluding hydrogens is 220 g/mol. The van der Waals surface area contributed by atoms with Crippen molar-refractivity contribution < 1.29 is 17.6 Å². The molecule has 0 spiro atoms. The molecule has 7 heteroatoms. The number of hydrogen-bond acceptors (Lipinski definition) is 4. The Bertz CT molecular complexity index is 475. The van der Waals surface area contributed by atoms with Gasteiger partial charge in [-0.25, -0.2) is 13.6 Å². The van der Waals surface area contributed by atoms with E-state index in [9.17, 15) is 13.2 Å². The third-order valence-electron chi connectivity index (χ3n) is 1.49. The topological polar surface area (TPSA) is 102 Å². The lowest BCUT2D eigenvalue weighted by molar-refractivity contribution is 0.0925. The van der Waals surface area contributed by atoms with E-state index in [1.165, 1.54) is 12.1 Å². The maximum atomic E-state index is 11.3. The fourth-order valence-corrected chi connectivity index (χ4v) is 1.31. The third-order valence-corrected chi connectivity index (χ3v) is 2.27. The number of primary sulfonamides is 1. The molecular formula is C8H10N2O4S. The van der Waals surface area contributed by atoms with Crippen LogP contribution in [0.15, 0.2) is 34.3 Å². The van der Waals surface area contributed by atoms with Crippen LogP contribution in [0, 0.1) is 0 Å². The van der Waals surface area contributed by atoms with Crippen molar-refractivity contribution in [3.05, 3.63) is 30.5 Å². The van der Waals surface area contributed by atoms with Gasteiger partial charge in [0.15, 0.2) is 5.76 Å². The predicted octanol–water partition coefficient (Wildman–Crippen LogP) is -0.157. The molecule has 0 bridgehead atoms. The molecule has 1 aromatic rings. The van der Waals surface area contributed by atoms with E-state index >= 15 is 0 Å². The maximum Gasteiger partial charge on any atom is 0.287 e. The van der Waals surface area contributed by atoms with Gasteiger partial charge in [-0.3, -0.25) is 4.79 Å². The summed E-state index contributed by atoms with van der Waals surface area (Å²) in [6, 6.07) is 2.36. The van der Waals surface area contributed by atoms with Gasteiger partial charge in [-0.05, 0) is 12.1 Å². The molecule has 1 aromatic heterocycles. The molecule has 1 rings (SSSR count). The number of hydrogen-bond donors (Lipinski definition) is 2. The minimum atomic E-state index is -3.90. The van der Waals surface area contributed by atoms with Gasteiger partial charge in [0.05, 0.1) is 0 Å². The van der Waals surface area contributed by atoms with Crippen LogP contribution in [0.3, 0.4) is 0 Å². The molecule has 0 aliphatic heterocycles. The summed E-state index contributed by atoms with van der Waals surface area (Å²) in [5.41, 5.74) is 0. The van der Waals surface area contributed by atoms with Crippen LogP contribution in [0.4, 0.5) is 0 Å². The SMILES string of the molecule is C=CCNC(=O)c1ccc(S(N)(=O)=O)o1. The average Bonchev–Trinajstić information content (AvgIpc) is 2.62. The van der Waals surface area contributed by atoms with Crippen LogP contribution in [-0.4, -0.2) is 20.9 Å². The predicted molar refractivity (Wildman–Crippen MR) is 52.6 cm³/mol. The molecule has 0 aliphatic carbocycles. The Balaban J connectivity index is 2.85. The standard InChI is InChI=1S/C8H10N2O4S/c1-2-5-10-8(11)6-3-4-7(14-6)15(9,12)13/h2-4H,1,5H2,(H,10,11)(H2,9,12,13). The van der Waals surface area contributed by atoms with Crippen molar-refractivity contribution in [1.82, 2.24) is 5.32 Å². The smallest absolute Gasteiger partial charge is 0.287 e. The highest BCUT2D eigenvalue weighted by Crippen LogP contribution is 2.11. The molecule has 1 heterocycles. The van der Waals surface area contributed by atoms with Crippen molar-refractivity contribution >= 4 is 15.9 Å². The number of sulfonamides is 1. The third kappa shape index (κ3) is 2.93. The molecule has 0 aromatic carbocycles. The normalized spacial score (nSPS) is 11.0. The lowest BCUT2D eigenvalue weighted by Gasteiger charge is -1.97. The summed E-state index contributed by atoms with van der Waals surface area (Å²) in [5, 5.41) is 6.79. The van der Waals surface area contributed by atoms with Crippen LogP contribution in [-0.2, 0) is 10.0 Å². The number of nitrogens with one attached hydrogen (secondary N) is 1. The second-order valence-corrected chi connectivity index (χ2v) is 4.15.